The molecule has 1 aromatic rings. The maximum atomic E-state index is 11.2. The second kappa shape index (κ2) is 14.2. The van der Waals surface area contributed by atoms with Gasteiger partial charge < -0.3 is 33.5 Å². The first-order chi connectivity index (χ1) is 16.9. The summed E-state index contributed by atoms with van der Waals surface area (Å²) in [4.78, 5) is 0. The van der Waals surface area contributed by atoms with E-state index in [9.17, 15) is 5.11 Å². The monoisotopic (exact) mass is 510 g/mol. The highest BCUT2D eigenvalue weighted by Gasteiger charge is 2.49. The summed E-state index contributed by atoms with van der Waals surface area (Å²) in [7, 11) is 2.51. The highest BCUT2D eigenvalue weighted by atomic mass is 31.0. The van der Waals surface area contributed by atoms with E-state index in [0.717, 1.165) is 12.0 Å². The minimum Gasteiger partial charge on any atom is -0.388 e. The molecule has 0 bridgehead atoms. The molecule has 11 atom stereocenters. The van der Waals surface area contributed by atoms with Crippen LogP contribution >= 0.6 is 9.24 Å². The zero-order chi connectivity index (χ0) is 25.4. The smallest absolute Gasteiger partial charge is 0.184 e. The van der Waals surface area contributed by atoms with Crippen LogP contribution in [0.4, 0.5) is 0 Å². The molecule has 1 N–H and O–H groups in total. The largest absolute Gasteiger partial charge is 0.388 e. The summed E-state index contributed by atoms with van der Waals surface area (Å²) in [5.74, 6) is 0.272. The van der Waals surface area contributed by atoms with Crippen LogP contribution in [0.1, 0.15) is 39.7 Å². The molecule has 2 saturated heterocycles. The maximum Gasteiger partial charge on any atom is 0.184 e. The molecule has 1 aromatic carbocycles. The van der Waals surface area contributed by atoms with Crippen molar-refractivity contribution in [3.63, 3.8) is 0 Å². The fraction of sp³-hybridized carbons (Fsp3) is 0.704. The number of hydrogen-bond acceptors (Lipinski definition) is 7. The molecule has 0 amide bonds. The first kappa shape index (κ1) is 28.7. The Morgan fingerprint density at radius 1 is 0.971 bits per heavy atom. The Balaban J connectivity index is 1.80. The Morgan fingerprint density at radius 2 is 1.69 bits per heavy atom. The van der Waals surface area contributed by atoms with E-state index in [1.54, 1.807) is 6.08 Å². The van der Waals surface area contributed by atoms with Crippen LogP contribution in [-0.4, -0.2) is 67.8 Å². The quantitative estimate of drug-likeness (QED) is 0.335. The van der Waals surface area contributed by atoms with Crippen LogP contribution in [0.5, 0.6) is 0 Å². The minimum atomic E-state index is -0.904. The van der Waals surface area contributed by atoms with Gasteiger partial charge in [-0.05, 0) is 23.8 Å². The topological polar surface area (TPSA) is 75.6 Å². The van der Waals surface area contributed by atoms with Gasteiger partial charge in [0, 0.05) is 5.92 Å². The van der Waals surface area contributed by atoms with Crippen molar-refractivity contribution in [3.8, 4) is 0 Å². The molecule has 2 heterocycles. The average molecular weight is 511 g/mol. The van der Waals surface area contributed by atoms with Gasteiger partial charge in [-0.2, -0.15) is 0 Å². The number of rotatable bonds is 12. The highest BCUT2D eigenvalue weighted by Crippen LogP contribution is 2.38. The van der Waals surface area contributed by atoms with E-state index in [2.05, 4.69) is 36.6 Å². The van der Waals surface area contributed by atoms with Gasteiger partial charge in [0.05, 0.1) is 38.4 Å². The van der Waals surface area contributed by atoms with Crippen molar-refractivity contribution in [2.24, 2.45) is 17.8 Å². The molecule has 0 saturated carbocycles. The van der Waals surface area contributed by atoms with E-state index in [1.807, 2.05) is 37.3 Å². The summed E-state index contributed by atoms with van der Waals surface area (Å²) in [6, 6.07) is 10.1. The van der Waals surface area contributed by atoms with Crippen LogP contribution in [0.2, 0.25) is 0 Å². The average Bonchev–Trinajstić information content (AvgIpc) is 2.87. The van der Waals surface area contributed by atoms with Crippen LogP contribution < -0.4 is 0 Å². The molecule has 2 aliphatic heterocycles. The molecule has 2 aliphatic rings. The molecule has 7 nitrogen and oxygen atoms in total. The lowest BCUT2D eigenvalue weighted by molar-refractivity contribution is -0.345. The molecule has 8 heteroatoms. The molecule has 0 aromatic heterocycles. The van der Waals surface area contributed by atoms with Crippen molar-refractivity contribution >= 4 is 9.24 Å². The summed E-state index contributed by atoms with van der Waals surface area (Å²) in [5.41, 5.74) is 1.09. The predicted molar refractivity (Wildman–Crippen MR) is 138 cm³/mol. The molecule has 2 fully saturated rings. The van der Waals surface area contributed by atoms with Crippen molar-refractivity contribution in [1.29, 1.82) is 0 Å². The van der Waals surface area contributed by atoms with Gasteiger partial charge in [0.2, 0.25) is 0 Å². The molecular formula is C27H43O7P. The van der Waals surface area contributed by atoms with E-state index < -0.39 is 30.9 Å². The summed E-state index contributed by atoms with van der Waals surface area (Å²) in [5, 5.41) is 11.2. The first-order valence-corrected chi connectivity index (χ1v) is 13.5. The van der Waals surface area contributed by atoms with Gasteiger partial charge in [-0.15, -0.1) is 15.8 Å². The fourth-order valence-electron chi connectivity index (χ4n) is 4.92. The van der Waals surface area contributed by atoms with E-state index in [1.165, 1.54) is 0 Å². The normalized spacial score (nSPS) is 37.8. The lowest BCUT2D eigenvalue weighted by atomic mass is 9.82. The molecule has 0 spiro atoms. The standard InChI is InChI=1S/C27H43O7P/c1-6-13-30-26-19(5)24(23(28)22(33-26)15-29-16-35)34-27-25(18(4)17(3)21(7-2)32-27)31-14-20-11-9-8-10-12-20/h6,8-12,17-19,21-28H,1,7,13-16,35H2,2-5H3. The first-order valence-electron chi connectivity index (χ1n) is 12.7. The van der Waals surface area contributed by atoms with Crippen LogP contribution in [0.15, 0.2) is 43.0 Å². The van der Waals surface area contributed by atoms with E-state index in [4.69, 9.17) is 28.4 Å². The predicted octanol–water partition coefficient (Wildman–Crippen LogP) is 4.14. The maximum absolute atomic E-state index is 11.2. The van der Waals surface area contributed by atoms with E-state index in [0.29, 0.717) is 25.5 Å². The van der Waals surface area contributed by atoms with Gasteiger partial charge in [-0.1, -0.05) is 64.1 Å². The lowest BCUT2D eigenvalue weighted by Crippen LogP contribution is -2.60. The van der Waals surface area contributed by atoms with Crippen LogP contribution in [0.25, 0.3) is 0 Å². The molecule has 11 unspecified atom stereocenters. The number of hydrogen-bond donors (Lipinski definition) is 1. The number of ether oxygens (including phenoxy) is 6. The van der Waals surface area contributed by atoms with Crippen LogP contribution in [0, 0.1) is 17.8 Å². The third kappa shape index (κ3) is 7.33. The van der Waals surface area contributed by atoms with Crippen molar-refractivity contribution in [2.45, 2.75) is 83.8 Å². The summed E-state index contributed by atoms with van der Waals surface area (Å²) >= 11 is 0. The number of benzene rings is 1. The van der Waals surface area contributed by atoms with Crippen molar-refractivity contribution in [3.05, 3.63) is 48.6 Å². The van der Waals surface area contributed by atoms with Crippen molar-refractivity contribution in [2.75, 3.05) is 19.6 Å². The van der Waals surface area contributed by atoms with Crippen LogP contribution in [0.3, 0.4) is 0 Å². The van der Waals surface area contributed by atoms with Gasteiger partial charge >= 0.3 is 0 Å². The second-order valence-corrected chi connectivity index (χ2v) is 9.92. The molecule has 35 heavy (non-hydrogen) atoms. The third-order valence-electron chi connectivity index (χ3n) is 7.24. The molecule has 3 rings (SSSR count). The number of aliphatic hydroxyl groups is 1. The zero-order valence-corrected chi connectivity index (χ0v) is 22.6. The van der Waals surface area contributed by atoms with Crippen molar-refractivity contribution in [1.82, 2.24) is 0 Å². The van der Waals surface area contributed by atoms with Crippen LogP contribution in [-0.2, 0) is 35.0 Å². The fourth-order valence-corrected chi connectivity index (χ4v) is 5.06. The zero-order valence-electron chi connectivity index (χ0n) is 21.5. The molecular weight excluding hydrogens is 467 g/mol. The van der Waals surface area contributed by atoms with Gasteiger partial charge in [-0.3, -0.25) is 0 Å². The Morgan fingerprint density at radius 3 is 2.34 bits per heavy atom. The number of aliphatic hydroxyl groups excluding tert-OH is 1. The summed E-state index contributed by atoms with van der Waals surface area (Å²) in [6.45, 7) is 13.2. The Bertz CT molecular complexity index is 750. The molecule has 0 aliphatic carbocycles. The van der Waals surface area contributed by atoms with Gasteiger partial charge in [0.1, 0.15) is 18.3 Å². The van der Waals surface area contributed by atoms with E-state index in [-0.39, 0.29) is 30.7 Å². The Hall–Kier alpha value is -0.890. The Kier molecular flexibility index (Phi) is 11.6. The van der Waals surface area contributed by atoms with Crippen molar-refractivity contribution < 1.29 is 33.5 Å². The molecule has 198 valence electrons. The highest BCUT2D eigenvalue weighted by molar-refractivity contribution is 7.16. The third-order valence-corrected chi connectivity index (χ3v) is 7.48. The summed E-state index contributed by atoms with van der Waals surface area (Å²) in [6.07, 6.45) is -0.509. The molecule has 0 radical (unpaired) electrons. The minimum absolute atomic E-state index is 0.0444. The van der Waals surface area contributed by atoms with Gasteiger partial charge in [0.15, 0.2) is 12.6 Å². The lowest BCUT2D eigenvalue weighted by Gasteiger charge is -2.48. The van der Waals surface area contributed by atoms with Gasteiger partial charge in [-0.25, -0.2) is 0 Å². The second-order valence-electron chi connectivity index (χ2n) is 9.58. The Labute approximate surface area is 212 Å². The summed E-state index contributed by atoms with van der Waals surface area (Å²) < 4.78 is 36.9. The SMILES string of the molecule is C=CCOC1OC(COCP)C(O)C(OC2OC(CC)C(C)C(C)C2OCc2ccccc2)C1C. The van der Waals surface area contributed by atoms with E-state index >= 15 is 0 Å². The van der Waals surface area contributed by atoms with Gasteiger partial charge in [0.25, 0.3) is 0 Å².